The fourth-order valence-corrected chi connectivity index (χ4v) is 1.49. The van der Waals surface area contributed by atoms with Crippen molar-refractivity contribution >= 4 is 5.97 Å². The summed E-state index contributed by atoms with van der Waals surface area (Å²) in [4.78, 5) is 15.8. The highest BCUT2D eigenvalue weighted by molar-refractivity contribution is 5.76. The Bertz CT molecular complexity index is 363. The maximum Gasteiger partial charge on any atom is 0.312 e. The molecule has 0 aliphatic heterocycles. The summed E-state index contributed by atoms with van der Waals surface area (Å²) in [7, 11) is 1.41. The minimum atomic E-state index is -0.530. The number of hydrogen-bond acceptors (Lipinski definition) is 4. The lowest BCUT2D eigenvalue weighted by Crippen LogP contribution is -2.38. The molecule has 0 aliphatic rings. The first-order valence-corrected chi connectivity index (χ1v) is 5.70. The summed E-state index contributed by atoms with van der Waals surface area (Å²) >= 11 is 0. The molecule has 0 aromatic carbocycles. The van der Waals surface area contributed by atoms with Crippen molar-refractivity contribution in [1.29, 1.82) is 0 Å². The molecular weight excluding hydrogens is 216 g/mol. The van der Waals surface area contributed by atoms with Crippen LogP contribution in [0.4, 0.5) is 0 Å². The fourth-order valence-electron chi connectivity index (χ4n) is 1.49. The van der Waals surface area contributed by atoms with Crippen LogP contribution in [0, 0.1) is 5.41 Å². The average molecular weight is 236 g/mol. The monoisotopic (exact) mass is 236 g/mol. The smallest absolute Gasteiger partial charge is 0.312 e. The quantitative estimate of drug-likeness (QED) is 0.794. The van der Waals surface area contributed by atoms with Crippen molar-refractivity contribution in [3.63, 3.8) is 0 Å². The second kappa shape index (κ2) is 5.77. The van der Waals surface area contributed by atoms with Gasteiger partial charge in [-0.3, -0.25) is 9.78 Å². The van der Waals surface area contributed by atoms with Crippen molar-refractivity contribution < 1.29 is 9.53 Å². The van der Waals surface area contributed by atoms with Crippen LogP contribution in [0.15, 0.2) is 24.4 Å². The number of pyridine rings is 1. The lowest BCUT2D eigenvalue weighted by Gasteiger charge is -2.24. The standard InChI is InChI=1S/C13H20N2O2/c1-10(11-7-5-6-8-14-11)15-9-13(2,3)12(16)17-4/h5-8,10,15H,9H2,1-4H3/t10-/m0/s1. The van der Waals surface area contributed by atoms with Gasteiger partial charge in [0, 0.05) is 18.8 Å². The molecule has 1 rings (SSSR count). The highest BCUT2D eigenvalue weighted by Crippen LogP contribution is 2.17. The molecule has 94 valence electrons. The van der Waals surface area contributed by atoms with E-state index in [9.17, 15) is 4.79 Å². The highest BCUT2D eigenvalue weighted by Gasteiger charge is 2.28. The molecule has 1 N–H and O–H groups in total. The molecule has 17 heavy (non-hydrogen) atoms. The van der Waals surface area contributed by atoms with Gasteiger partial charge in [0.25, 0.3) is 0 Å². The lowest BCUT2D eigenvalue weighted by molar-refractivity contribution is -0.150. The Balaban J connectivity index is 2.54. The number of nitrogens with zero attached hydrogens (tertiary/aromatic N) is 1. The van der Waals surface area contributed by atoms with Crippen molar-refractivity contribution in [2.45, 2.75) is 26.8 Å². The van der Waals surface area contributed by atoms with Crippen LogP contribution < -0.4 is 5.32 Å². The van der Waals surface area contributed by atoms with Gasteiger partial charge in [0.1, 0.15) is 0 Å². The van der Waals surface area contributed by atoms with Crippen LogP contribution in [0.2, 0.25) is 0 Å². The Morgan fingerprint density at radius 2 is 2.24 bits per heavy atom. The Hall–Kier alpha value is -1.42. The lowest BCUT2D eigenvalue weighted by atomic mass is 9.93. The van der Waals surface area contributed by atoms with Crippen molar-refractivity contribution in [1.82, 2.24) is 10.3 Å². The van der Waals surface area contributed by atoms with E-state index in [0.29, 0.717) is 6.54 Å². The van der Waals surface area contributed by atoms with Gasteiger partial charge in [-0.2, -0.15) is 0 Å². The van der Waals surface area contributed by atoms with Gasteiger partial charge in [0.05, 0.1) is 18.2 Å². The number of carbonyl (C=O) groups is 1. The molecule has 4 heteroatoms. The van der Waals surface area contributed by atoms with Gasteiger partial charge >= 0.3 is 5.97 Å². The predicted octanol–water partition coefficient (Wildman–Crippen LogP) is 1.93. The normalized spacial score (nSPS) is 13.2. The van der Waals surface area contributed by atoms with E-state index in [2.05, 4.69) is 10.3 Å². The Morgan fingerprint density at radius 3 is 2.76 bits per heavy atom. The van der Waals surface area contributed by atoms with Gasteiger partial charge in [0.2, 0.25) is 0 Å². The summed E-state index contributed by atoms with van der Waals surface area (Å²) < 4.78 is 4.76. The Morgan fingerprint density at radius 1 is 1.53 bits per heavy atom. The summed E-state index contributed by atoms with van der Waals surface area (Å²) in [6.07, 6.45) is 1.76. The van der Waals surface area contributed by atoms with Gasteiger partial charge in [-0.15, -0.1) is 0 Å². The summed E-state index contributed by atoms with van der Waals surface area (Å²) in [6.45, 7) is 6.29. The first-order chi connectivity index (χ1) is 7.97. The molecule has 1 atom stereocenters. The molecule has 0 bridgehead atoms. The molecule has 1 aromatic rings. The highest BCUT2D eigenvalue weighted by atomic mass is 16.5. The molecule has 0 fully saturated rings. The first kappa shape index (κ1) is 13.6. The van der Waals surface area contributed by atoms with E-state index >= 15 is 0 Å². The topological polar surface area (TPSA) is 51.2 Å². The molecule has 0 amide bonds. The maximum absolute atomic E-state index is 11.5. The minimum Gasteiger partial charge on any atom is -0.469 e. The zero-order valence-corrected chi connectivity index (χ0v) is 10.9. The molecule has 0 saturated carbocycles. The molecule has 0 spiro atoms. The van der Waals surface area contributed by atoms with Crippen molar-refractivity contribution in [2.24, 2.45) is 5.41 Å². The van der Waals surface area contributed by atoms with E-state index in [1.165, 1.54) is 7.11 Å². The second-order valence-corrected chi connectivity index (χ2v) is 4.73. The largest absolute Gasteiger partial charge is 0.469 e. The third-order valence-electron chi connectivity index (χ3n) is 2.72. The zero-order valence-electron chi connectivity index (χ0n) is 10.9. The summed E-state index contributed by atoms with van der Waals surface area (Å²) in [5.41, 5.74) is 0.436. The van der Waals surface area contributed by atoms with Crippen LogP contribution in [0.5, 0.6) is 0 Å². The van der Waals surface area contributed by atoms with E-state index in [0.717, 1.165) is 5.69 Å². The molecule has 0 radical (unpaired) electrons. The van der Waals surface area contributed by atoms with Crippen LogP contribution >= 0.6 is 0 Å². The van der Waals surface area contributed by atoms with Gasteiger partial charge < -0.3 is 10.1 Å². The zero-order chi connectivity index (χ0) is 12.9. The number of ether oxygens (including phenoxy) is 1. The van der Waals surface area contributed by atoms with Crippen LogP contribution in [0.25, 0.3) is 0 Å². The van der Waals surface area contributed by atoms with E-state index in [1.807, 2.05) is 39.0 Å². The summed E-state index contributed by atoms with van der Waals surface area (Å²) in [5.74, 6) is -0.210. The van der Waals surface area contributed by atoms with Crippen LogP contribution in [-0.2, 0) is 9.53 Å². The van der Waals surface area contributed by atoms with Gasteiger partial charge in [-0.05, 0) is 32.9 Å². The number of methoxy groups -OCH3 is 1. The molecule has 0 aliphatic carbocycles. The van der Waals surface area contributed by atoms with Gasteiger partial charge in [0.15, 0.2) is 0 Å². The van der Waals surface area contributed by atoms with Crippen LogP contribution in [0.1, 0.15) is 32.5 Å². The molecule has 4 nitrogen and oxygen atoms in total. The van der Waals surface area contributed by atoms with Crippen molar-refractivity contribution in [3.05, 3.63) is 30.1 Å². The number of nitrogens with one attached hydrogen (secondary N) is 1. The van der Waals surface area contributed by atoms with E-state index < -0.39 is 5.41 Å². The summed E-state index contributed by atoms with van der Waals surface area (Å²) in [6, 6.07) is 5.91. The van der Waals surface area contributed by atoms with Gasteiger partial charge in [-0.25, -0.2) is 0 Å². The number of esters is 1. The van der Waals surface area contributed by atoms with E-state index in [1.54, 1.807) is 6.20 Å². The minimum absolute atomic E-state index is 0.111. The molecule has 1 heterocycles. The van der Waals surface area contributed by atoms with Crippen molar-refractivity contribution in [3.8, 4) is 0 Å². The van der Waals surface area contributed by atoms with Gasteiger partial charge in [-0.1, -0.05) is 6.07 Å². The van der Waals surface area contributed by atoms with E-state index in [-0.39, 0.29) is 12.0 Å². The second-order valence-electron chi connectivity index (χ2n) is 4.73. The summed E-state index contributed by atoms with van der Waals surface area (Å²) in [5, 5.41) is 3.29. The van der Waals surface area contributed by atoms with E-state index in [4.69, 9.17) is 4.74 Å². The first-order valence-electron chi connectivity index (χ1n) is 5.70. The number of hydrogen-bond donors (Lipinski definition) is 1. The third-order valence-corrected chi connectivity index (χ3v) is 2.72. The van der Waals surface area contributed by atoms with Crippen LogP contribution in [0.3, 0.4) is 0 Å². The van der Waals surface area contributed by atoms with Crippen molar-refractivity contribution in [2.75, 3.05) is 13.7 Å². The third kappa shape index (κ3) is 3.82. The molecular formula is C13H20N2O2. The predicted molar refractivity (Wildman–Crippen MR) is 66.5 cm³/mol. The molecule has 1 aromatic heterocycles. The molecule has 0 unspecified atom stereocenters. The molecule has 0 saturated heterocycles. The SMILES string of the molecule is COC(=O)C(C)(C)CN[C@@H](C)c1ccccn1. The number of carbonyl (C=O) groups excluding carboxylic acids is 1. The number of aromatic nitrogens is 1. The maximum atomic E-state index is 11.5. The Kier molecular flexibility index (Phi) is 4.63. The fraction of sp³-hybridized carbons (Fsp3) is 0.538. The Labute approximate surface area is 102 Å². The number of rotatable bonds is 5. The average Bonchev–Trinajstić information content (AvgIpc) is 2.36. The van der Waals surface area contributed by atoms with Crippen LogP contribution in [-0.4, -0.2) is 24.6 Å².